The van der Waals surface area contributed by atoms with Crippen LogP contribution in [0.4, 0.5) is 11.4 Å². The maximum atomic E-state index is 13.0. The number of anilines is 2. The third kappa shape index (κ3) is 3.85. The molecule has 3 aromatic rings. The van der Waals surface area contributed by atoms with Gasteiger partial charge in [-0.05, 0) is 61.4 Å². The third-order valence-electron chi connectivity index (χ3n) is 4.98. The Hall–Kier alpha value is -3.60. The van der Waals surface area contributed by atoms with Crippen molar-refractivity contribution in [2.75, 3.05) is 10.2 Å². The number of nitrogens with zero attached hydrogens (tertiary/aromatic N) is 1. The van der Waals surface area contributed by atoms with Crippen LogP contribution < -0.4 is 15.0 Å². The Labute approximate surface area is 169 Å². The first-order chi connectivity index (χ1) is 14.0. The van der Waals surface area contributed by atoms with Gasteiger partial charge in [0.05, 0.1) is 12.1 Å². The lowest BCUT2D eigenvalue weighted by Gasteiger charge is -2.20. The quantitative estimate of drug-likeness (QED) is 0.638. The summed E-state index contributed by atoms with van der Waals surface area (Å²) in [6.07, 6.45) is 0.134. The summed E-state index contributed by atoms with van der Waals surface area (Å²) in [4.78, 5) is 26.9. The van der Waals surface area contributed by atoms with Crippen LogP contribution in [0.25, 0.3) is 0 Å². The Morgan fingerprint density at radius 3 is 2.10 bits per heavy atom. The molecule has 0 aromatic heterocycles. The van der Waals surface area contributed by atoms with E-state index < -0.39 is 6.04 Å². The van der Waals surface area contributed by atoms with Gasteiger partial charge in [0.25, 0.3) is 5.91 Å². The minimum atomic E-state index is -0.581. The van der Waals surface area contributed by atoms with E-state index in [4.69, 9.17) is 4.74 Å². The van der Waals surface area contributed by atoms with Crippen molar-refractivity contribution in [2.24, 2.45) is 0 Å². The summed E-state index contributed by atoms with van der Waals surface area (Å²) < 4.78 is 5.79. The lowest BCUT2D eigenvalue weighted by molar-refractivity contribution is -0.121. The summed E-state index contributed by atoms with van der Waals surface area (Å²) >= 11 is 0. The fourth-order valence-corrected chi connectivity index (χ4v) is 3.58. The zero-order valence-electron chi connectivity index (χ0n) is 16.4. The normalized spacial score (nSPS) is 16.2. The molecule has 2 amide bonds. The van der Waals surface area contributed by atoms with Crippen LogP contribution in [0.3, 0.4) is 0 Å². The molecule has 0 bridgehead atoms. The summed E-state index contributed by atoms with van der Waals surface area (Å²) in [5, 5.41) is 3.18. The number of carbonyl (C=O) groups is 2. The van der Waals surface area contributed by atoms with E-state index in [0.29, 0.717) is 11.4 Å². The molecule has 0 saturated carbocycles. The standard InChI is InChI=1S/C24H22N2O3/c1-16-7-6-8-17(2)23(16)26-22(27)15-21(24(26)28)25-18-11-13-20(14-12-18)29-19-9-4-3-5-10-19/h3-14,21,25H,15H2,1-2H3/t21-/m0/s1. The predicted octanol–water partition coefficient (Wildman–Crippen LogP) is 4.84. The number of rotatable bonds is 5. The van der Waals surface area contributed by atoms with Crippen LogP contribution in [-0.4, -0.2) is 17.9 Å². The molecule has 1 N–H and O–H groups in total. The molecule has 1 fully saturated rings. The van der Waals surface area contributed by atoms with Gasteiger partial charge >= 0.3 is 0 Å². The van der Waals surface area contributed by atoms with E-state index in [-0.39, 0.29) is 18.2 Å². The van der Waals surface area contributed by atoms with Crippen LogP contribution in [0.5, 0.6) is 11.5 Å². The molecule has 1 atom stereocenters. The number of para-hydroxylation sites is 2. The second-order valence-electron chi connectivity index (χ2n) is 7.15. The van der Waals surface area contributed by atoms with Gasteiger partial charge in [-0.15, -0.1) is 0 Å². The molecule has 1 aliphatic heterocycles. The number of nitrogens with one attached hydrogen (secondary N) is 1. The van der Waals surface area contributed by atoms with Crippen LogP contribution in [0.15, 0.2) is 72.8 Å². The number of amides is 2. The fourth-order valence-electron chi connectivity index (χ4n) is 3.58. The third-order valence-corrected chi connectivity index (χ3v) is 4.98. The first-order valence-electron chi connectivity index (χ1n) is 9.55. The second-order valence-corrected chi connectivity index (χ2v) is 7.15. The smallest absolute Gasteiger partial charge is 0.256 e. The van der Waals surface area contributed by atoms with Gasteiger partial charge in [0, 0.05) is 5.69 Å². The van der Waals surface area contributed by atoms with Gasteiger partial charge in [-0.2, -0.15) is 0 Å². The Morgan fingerprint density at radius 1 is 0.828 bits per heavy atom. The zero-order chi connectivity index (χ0) is 20.4. The highest BCUT2D eigenvalue weighted by Crippen LogP contribution is 2.31. The van der Waals surface area contributed by atoms with Gasteiger partial charge in [0.1, 0.15) is 17.5 Å². The van der Waals surface area contributed by atoms with Gasteiger partial charge in [0.15, 0.2) is 0 Å². The molecule has 1 saturated heterocycles. The lowest BCUT2D eigenvalue weighted by atomic mass is 10.1. The number of imide groups is 1. The van der Waals surface area contributed by atoms with Crippen LogP contribution in [0.1, 0.15) is 17.5 Å². The van der Waals surface area contributed by atoms with E-state index in [2.05, 4.69) is 5.32 Å². The van der Waals surface area contributed by atoms with E-state index in [9.17, 15) is 9.59 Å². The highest BCUT2D eigenvalue weighted by Gasteiger charge is 2.40. The molecule has 0 spiro atoms. The number of ether oxygens (including phenoxy) is 1. The van der Waals surface area contributed by atoms with Gasteiger partial charge in [0.2, 0.25) is 5.91 Å². The van der Waals surface area contributed by atoms with E-state index in [1.807, 2.05) is 86.6 Å². The summed E-state index contributed by atoms with van der Waals surface area (Å²) in [5.74, 6) is 1.05. The Morgan fingerprint density at radius 2 is 1.45 bits per heavy atom. The van der Waals surface area contributed by atoms with E-state index in [0.717, 1.165) is 22.6 Å². The van der Waals surface area contributed by atoms with Crippen molar-refractivity contribution in [3.8, 4) is 11.5 Å². The molecule has 0 radical (unpaired) electrons. The van der Waals surface area contributed by atoms with Gasteiger partial charge < -0.3 is 10.1 Å². The monoisotopic (exact) mass is 386 g/mol. The molecular formula is C24H22N2O3. The van der Waals surface area contributed by atoms with Crippen molar-refractivity contribution < 1.29 is 14.3 Å². The van der Waals surface area contributed by atoms with Crippen molar-refractivity contribution in [1.29, 1.82) is 0 Å². The van der Waals surface area contributed by atoms with Crippen molar-refractivity contribution in [1.82, 2.24) is 0 Å². The summed E-state index contributed by atoms with van der Waals surface area (Å²) in [7, 11) is 0. The minimum Gasteiger partial charge on any atom is -0.457 e. The summed E-state index contributed by atoms with van der Waals surface area (Å²) in [6.45, 7) is 3.82. The highest BCUT2D eigenvalue weighted by atomic mass is 16.5. The van der Waals surface area contributed by atoms with E-state index in [1.54, 1.807) is 0 Å². The largest absolute Gasteiger partial charge is 0.457 e. The van der Waals surface area contributed by atoms with Gasteiger partial charge in [-0.1, -0.05) is 36.4 Å². The molecule has 29 heavy (non-hydrogen) atoms. The van der Waals surface area contributed by atoms with Crippen LogP contribution in [0, 0.1) is 13.8 Å². The predicted molar refractivity (Wildman–Crippen MR) is 113 cm³/mol. The summed E-state index contributed by atoms with van der Waals surface area (Å²) in [5.41, 5.74) is 3.28. The van der Waals surface area contributed by atoms with Crippen molar-refractivity contribution >= 4 is 23.2 Å². The van der Waals surface area contributed by atoms with E-state index >= 15 is 0 Å². The van der Waals surface area contributed by atoms with Crippen molar-refractivity contribution in [3.63, 3.8) is 0 Å². The summed E-state index contributed by atoms with van der Waals surface area (Å²) in [6, 6.07) is 22.1. The lowest BCUT2D eigenvalue weighted by Crippen LogP contribution is -2.35. The molecule has 5 heteroatoms. The number of aryl methyl sites for hydroxylation is 2. The van der Waals surface area contributed by atoms with E-state index in [1.165, 1.54) is 4.90 Å². The average Bonchev–Trinajstić information content (AvgIpc) is 2.98. The number of benzene rings is 3. The van der Waals surface area contributed by atoms with Crippen molar-refractivity contribution in [3.05, 3.63) is 83.9 Å². The first-order valence-corrected chi connectivity index (χ1v) is 9.55. The average molecular weight is 386 g/mol. The Bertz CT molecular complexity index is 1030. The maximum Gasteiger partial charge on any atom is 0.256 e. The van der Waals surface area contributed by atoms with Gasteiger partial charge in [-0.25, -0.2) is 4.90 Å². The fraction of sp³-hybridized carbons (Fsp3) is 0.167. The van der Waals surface area contributed by atoms with Crippen LogP contribution >= 0.6 is 0 Å². The van der Waals surface area contributed by atoms with Crippen LogP contribution in [-0.2, 0) is 9.59 Å². The molecule has 1 heterocycles. The number of hydrogen-bond acceptors (Lipinski definition) is 4. The van der Waals surface area contributed by atoms with Crippen LogP contribution in [0.2, 0.25) is 0 Å². The molecule has 1 aliphatic rings. The molecule has 4 rings (SSSR count). The Kier molecular flexibility index (Phi) is 5.04. The maximum absolute atomic E-state index is 13.0. The molecule has 146 valence electrons. The number of hydrogen-bond donors (Lipinski definition) is 1. The molecular weight excluding hydrogens is 364 g/mol. The first kappa shape index (κ1) is 18.7. The van der Waals surface area contributed by atoms with Gasteiger partial charge in [-0.3, -0.25) is 9.59 Å². The zero-order valence-corrected chi connectivity index (χ0v) is 16.4. The minimum absolute atomic E-state index is 0.134. The molecule has 5 nitrogen and oxygen atoms in total. The Balaban J connectivity index is 1.47. The van der Waals surface area contributed by atoms with Crippen molar-refractivity contribution in [2.45, 2.75) is 26.3 Å². The highest BCUT2D eigenvalue weighted by molar-refractivity contribution is 6.23. The topological polar surface area (TPSA) is 58.6 Å². The second kappa shape index (κ2) is 7.80. The molecule has 0 aliphatic carbocycles. The molecule has 0 unspecified atom stereocenters. The SMILES string of the molecule is Cc1cccc(C)c1N1C(=O)C[C@H](Nc2ccc(Oc3ccccc3)cc2)C1=O. The molecule has 3 aromatic carbocycles. The number of carbonyl (C=O) groups excluding carboxylic acids is 2.